The van der Waals surface area contributed by atoms with Crippen LogP contribution in [0, 0.1) is 10.1 Å². The van der Waals surface area contributed by atoms with E-state index in [1.807, 2.05) is 4.90 Å². The van der Waals surface area contributed by atoms with Gasteiger partial charge in [-0.3, -0.25) is 24.7 Å². The zero-order valence-electron chi connectivity index (χ0n) is 15.7. The monoisotopic (exact) mass is 376 g/mol. The molecule has 2 saturated heterocycles. The number of carbonyl (C=O) groups excluding carboxylic acids is 1. The second-order valence-electron chi connectivity index (χ2n) is 7.16. The molecule has 2 fully saturated rings. The Hall–Kier alpha value is -2.19. The number of likely N-dealkylation sites (tertiary alicyclic amines) is 1. The zero-order chi connectivity index (χ0) is 19.1. The topological polar surface area (TPSA) is 79.2 Å². The molecule has 0 unspecified atom stereocenters. The van der Waals surface area contributed by atoms with Crippen molar-refractivity contribution in [3.05, 3.63) is 34.4 Å². The van der Waals surface area contributed by atoms with E-state index in [1.165, 1.54) is 18.6 Å². The van der Waals surface area contributed by atoms with Crippen molar-refractivity contribution in [3.63, 3.8) is 0 Å². The fraction of sp³-hybridized carbons (Fsp3) is 0.632. The number of nitro benzene ring substituents is 1. The smallest absolute Gasteiger partial charge is 0.273 e. The van der Waals surface area contributed by atoms with E-state index < -0.39 is 4.92 Å². The van der Waals surface area contributed by atoms with Gasteiger partial charge in [0.1, 0.15) is 12.4 Å². The van der Waals surface area contributed by atoms with Gasteiger partial charge >= 0.3 is 0 Å². The molecular formula is C19H28N4O4. The van der Waals surface area contributed by atoms with Crippen LogP contribution in [0.5, 0.6) is 5.75 Å². The molecule has 1 amide bonds. The number of carbonyl (C=O) groups is 1. The lowest BCUT2D eigenvalue weighted by Crippen LogP contribution is -2.51. The van der Waals surface area contributed by atoms with E-state index in [4.69, 9.17) is 4.74 Å². The summed E-state index contributed by atoms with van der Waals surface area (Å²) in [5.74, 6) is 0.784. The molecule has 2 heterocycles. The van der Waals surface area contributed by atoms with E-state index in [2.05, 4.69) is 9.80 Å². The molecule has 3 rings (SSSR count). The van der Waals surface area contributed by atoms with Gasteiger partial charge in [-0.1, -0.05) is 6.07 Å². The van der Waals surface area contributed by atoms with Crippen LogP contribution in [-0.2, 0) is 4.79 Å². The van der Waals surface area contributed by atoms with Crippen LogP contribution in [0.2, 0.25) is 0 Å². The third kappa shape index (κ3) is 5.90. The van der Waals surface area contributed by atoms with Crippen LogP contribution in [0.4, 0.5) is 5.69 Å². The first-order valence-electron chi connectivity index (χ1n) is 9.71. The Morgan fingerprint density at radius 1 is 1.04 bits per heavy atom. The number of hydrogen-bond donors (Lipinski definition) is 0. The first-order chi connectivity index (χ1) is 13.1. The molecule has 8 heteroatoms. The van der Waals surface area contributed by atoms with Crippen LogP contribution >= 0.6 is 0 Å². The maximum atomic E-state index is 12.4. The minimum Gasteiger partial charge on any atom is -0.492 e. The molecule has 0 radical (unpaired) electrons. The number of non-ortho nitro benzene ring substituents is 1. The number of piperidine rings is 1. The second-order valence-corrected chi connectivity index (χ2v) is 7.16. The summed E-state index contributed by atoms with van der Waals surface area (Å²) >= 11 is 0. The van der Waals surface area contributed by atoms with Gasteiger partial charge in [-0.05, 0) is 25.3 Å². The summed E-state index contributed by atoms with van der Waals surface area (Å²) in [6, 6.07) is 6.27. The average Bonchev–Trinajstić information content (AvgIpc) is 2.70. The number of rotatable bonds is 7. The van der Waals surface area contributed by atoms with Gasteiger partial charge in [0.25, 0.3) is 5.69 Å². The van der Waals surface area contributed by atoms with E-state index in [1.54, 1.807) is 12.1 Å². The maximum Gasteiger partial charge on any atom is 0.273 e. The normalized spacial score (nSPS) is 19.0. The highest BCUT2D eigenvalue weighted by atomic mass is 16.6. The lowest BCUT2D eigenvalue weighted by Gasteiger charge is -2.36. The number of benzene rings is 1. The molecular weight excluding hydrogens is 348 g/mol. The Balaban J connectivity index is 1.34. The number of amides is 1. The summed E-state index contributed by atoms with van der Waals surface area (Å²) in [7, 11) is 0. The zero-order valence-corrected chi connectivity index (χ0v) is 15.7. The van der Waals surface area contributed by atoms with Gasteiger partial charge in [-0.2, -0.15) is 0 Å². The van der Waals surface area contributed by atoms with Crippen LogP contribution in [0.1, 0.15) is 19.3 Å². The Bertz CT molecular complexity index is 640. The molecule has 0 aromatic heterocycles. The van der Waals surface area contributed by atoms with Crippen LogP contribution in [-0.4, -0.2) is 84.5 Å². The van der Waals surface area contributed by atoms with Crippen LogP contribution in [0.25, 0.3) is 0 Å². The predicted octanol–water partition coefficient (Wildman–Crippen LogP) is 1.60. The van der Waals surface area contributed by atoms with Gasteiger partial charge in [0.2, 0.25) is 5.91 Å². The van der Waals surface area contributed by atoms with Gasteiger partial charge in [-0.15, -0.1) is 0 Å². The van der Waals surface area contributed by atoms with Crippen molar-refractivity contribution in [2.45, 2.75) is 19.3 Å². The Morgan fingerprint density at radius 2 is 1.74 bits per heavy atom. The van der Waals surface area contributed by atoms with E-state index >= 15 is 0 Å². The molecule has 1 aromatic carbocycles. The lowest BCUT2D eigenvalue weighted by molar-refractivity contribution is -0.384. The van der Waals surface area contributed by atoms with E-state index in [-0.39, 0.29) is 11.6 Å². The summed E-state index contributed by atoms with van der Waals surface area (Å²) < 4.78 is 5.65. The summed E-state index contributed by atoms with van der Waals surface area (Å²) in [5, 5.41) is 10.8. The van der Waals surface area contributed by atoms with Crippen LogP contribution in [0.3, 0.4) is 0 Å². The molecule has 148 valence electrons. The van der Waals surface area contributed by atoms with Gasteiger partial charge < -0.3 is 9.64 Å². The SMILES string of the molecule is O=C(CN1CCN(CCOc2cccc([N+](=O)[O-])c2)CC1)N1CCCCC1. The molecule has 2 aliphatic rings. The first-order valence-corrected chi connectivity index (χ1v) is 9.71. The number of ether oxygens (including phenoxy) is 1. The van der Waals surface area contributed by atoms with Crippen molar-refractivity contribution in [1.82, 2.24) is 14.7 Å². The molecule has 8 nitrogen and oxygen atoms in total. The average molecular weight is 376 g/mol. The fourth-order valence-corrected chi connectivity index (χ4v) is 3.59. The van der Waals surface area contributed by atoms with Crippen molar-refractivity contribution in [3.8, 4) is 5.75 Å². The summed E-state index contributed by atoms with van der Waals surface area (Å²) in [6.07, 6.45) is 3.50. The van der Waals surface area contributed by atoms with Gasteiger partial charge in [0.05, 0.1) is 17.5 Å². The molecule has 0 atom stereocenters. The lowest BCUT2D eigenvalue weighted by atomic mass is 10.1. The molecule has 0 N–H and O–H groups in total. The van der Waals surface area contributed by atoms with Crippen molar-refractivity contribution < 1.29 is 14.5 Å². The number of nitrogens with zero attached hydrogens (tertiary/aromatic N) is 4. The van der Waals surface area contributed by atoms with E-state index in [0.29, 0.717) is 18.9 Å². The van der Waals surface area contributed by atoms with Crippen molar-refractivity contribution >= 4 is 11.6 Å². The Morgan fingerprint density at radius 3 is 2.44 bits per heavy atom. The molecule has 0 bridgehead atoms. The van der Waals surface area contributed by atoms with Crippen LogP contribution < -0.4 is 4.74 Å². The van der Waals surface area contributed by atoms with Crippen molar-refractivity contribution in [2.24, 2.45) is 0 Å². The fourth-order valence-electron chi connectivity index (χ4n) is 3.59. The van der Waals surface area contributed by atoms with Crippen LogP contribution in [0.15, 0.2) is 24.3 Å². The van der Waals surface area contributed by atoms with E-state index in [9.17, 15) is 14.9 Å². The standard InChI is InChI=1S/C19H28N4O4/c24-19(22-7-2-1-3-8-22)16-21-11-9-20(10-12-21)13-14-27-18-6-4-5-17(15-18)23(25)26/h4-6,15H,1-3,7-14,16H2. The molecule has 0 aliphatic carbocycles. The molecule has 0 spiro atoms. The molecule has 0 saturated carbocycles. The summed E-state index contributed by atoms with van der Waals surface area (Å²) in [4.78, 5) is 29.3. The number of nitro groups is 1. The first kappa shape index (κ1) is 19.6. The highest BCUT2D eigenvalue weighted by molar-refractivity contribution is 5.78. The predicted molar refractivity (Wildman–Crippen MR) is 102 cm³/mol. The third-order valence-corrected chi connectivity index (χ3v) is 5.24. The Labute approximate surface area is 159 Å². The summed E-state index contributed by atoms with van der Waals surface area (Å²) in [6.45, 7) is 7.20. The van der Waals surface area contributed by atoms with Gasteiger partial charge in [0, 0.05) is 51.9 Å². The number of hydrogen-bond acceptors (Lipinski definition) is 6. The molecule has 27 heavy (non-hydrogen) atoms. The minimum atomic E-state index is -0.419. The quantitative estimate of drug-likeness (QED) is 0.531. The molecule has 2 aliphatic heterocycles. The highest BCUT2D eigenvalue weighted by Crippen LogP contribution is 2.19. The van der Waals surface area contributed by atoms with E-state index in [0.717, 1.165) is 58.7 Å². The Kier molecular flexibility index (Phi) is 7.00. The van der Waals surface area contributed by atoms with Gasteiger partial charge in [-0.25, -0.2) is 0 Å². The van der Waals surface area contributed by atoms with Crippen molar-refractivity contribution in [1.29, 1.82) is 0 Å². The minimum absolute atomic E-state index is 0.0412. The highest BCUT2D eigenvalue weighted by Gasteiger charge is 2.22. The maximum absolute atomic E-state index is 12.4. The third-order valence-electron chi connectivity index (χ3n) is 5.24. The van der Waals surface area contributed by atoms with Gasteiger partial charge in [0.15, 0.2) is 0 Å². The largest absolute Gasteiger partial charge is 0.492 e. The summed E-state index contributed by atoms with van der Waals surface area (Å²) in [5.41, 5.74) is 0.0412. The second kappa shape index (κ2) is 9.66. The number of piperazine rings is 1. The van der Waals surface area contributed by atoms with Crippen molar-refractivity contribution in [2.75, 3.05) is 59.0 Å². The molecule has 1 aromatic rings.